The first-order valence-electron chi connectivity index (χ1n) is 5.81. The Kier molecular flexibility index (Phi) is 4.18. The molecule has 0 unspecified atom stereocenters. The Bertz CT molecular complexity index is 267. The molecule has 1 aromatic carbocycles. The molecule has 1 heterocycles. The number of hydrogen-bond donors (Lipinski definition) is 1. The zero-order valence-corrected chi connectivity index (χ0v) is 9.11. The maximum atomic E-state index is 5.82. The number of benzene rings is 1. The van der Waals surface area contributed by atoms with Gasteiger partial charge in [0.05, 0.1) is 12.7 Å². The van der Waals surface area contributed by atoms with Gasteiger partial charge in [-0.25, -0.2) is 0 Å². The topological polar surface area (TPSA) is 21.3 Å². The van der Waals surface area contributed by atoms with Gasteiger partial charge in [-0.3, -0.25) is 0 Å². The summed E-state index contributed by atoms with van der Waals surface area (Å²) in [5.74, 6) is 0. The van der Waals surface area contributed by atoms with Crippen molar-refractivity contribution in [2.24, 2.45) is 0 Å². The summed E-state index contributed by atoms with van der Waals surface area (Å²) in [5.41, 5.74) is 1.36. The third-order valence-electron chi connectivity index (χ3n) is 2.84. The van der Waals surface area contributed by atoms with Gasteiger partial charge in [0.15, 0.2) is 0 Å². The highest BCUT2D eigenvalue weighted by Gasteiger charge is 2.12. The van der Waals surface area contributed by atoms with Crippen molar-refractivity contribution in [1.82, 2.24) is 5.32 Å². The Hall–Kier alpha value is -0.860. The highest BCUT2D eigenvalue weighted by molar-refractivity contribution is 5.14. The summed E-state index contributed by atoms with van der Waals surface area (Å²) >= 11 is 0. The quantitative estimate of drug-likeness (QED) is 0.811. The summed E-state index contributed by atoms with van der Waals surface area (Å²) in [7, 11) is 0. The van der Waals surface area contributed by atoms with Gasteiger partial charge in [0.1, 0.15) is 0 Å². The summed E-state index contributed by atoms with van der Waals surface area (Å²) in [4.78, 5) is 0. The van der Waals surface area contributed by atoms with Gasteiger partial charge in [0, 0.05) is 6.54 Å². The maximum absolute atomic E-state index is 5.82. The number of nitrogens with one attached hydrogen (secondary N) is 1. The van der Waals surface area contributed by atoms with E-state index < -0.39 is 0 Å². The van der Waals surface area contributed by atoms with Crippen molar-refractivity contribution in [2.45, 2.75) is 25.4 Å². The lowest BCUT2D eigenvalue weighted by Crippen LogP contribution is -2.35. The first kappa shape index (κ1) is 10.7. The Morgan fingerprint density at radius 1 is 1.27 bits per heavy atom. The molecule has 1 N–H and O–H groups in total. The number of piperidine rings is 1. The van der Waals surface area contributed by atoms with Gasteiger partial charge in [-0.2, -0.15) is 0 Å². The van der Waals surface area contributed by atoms with E-state index in [1.165, 1.54) is 18.4 Å². The molecule has 0 radical (unpaired) electrons. The predicted molar refractivity (Wildman–Crippen MR) is 62.0 cm³/mol. The fraction of sp³-hybridized carbons (Fsp3) is 0.538. The fourth-order valence-electron chi connectivity index (χ4n) is 1.95. The lowest BCUT2D eigenvalue weighted by atomic mass is 10.1. The molecule has 0 saturated carbocycles. The van der Waals surface area contributed by atoms with Crippen LogP contribution in [0.25, 0.3) is 0 Å². The summed E-state index contributed by atoms with van der Waals surface area (Å²) in [5, 5.41) is 3.36. The van der Waals surface area contributed by atoms with Crippen molar-refractivity contribution in [1.29, 1.82) is 0 Å². The van der Waals surface area contributed by atoms with Crippen molar-refractivity contribution in [3.63, 3.8) is 0 Å². The van der Waals surface area contributed by atoms with Crippen LogP contribution in [0.2, 0.25) is 0 Å². The van der Waals surface area contributed by atoms with E-state index in [9.17, 15) is 0 Å². The lowest BCUT2D eigenvalue weighted by Gasteiger charge is -2.23. The minimum absolute atomic E-state index is 0.433. The molecular formula is C13H19NO. The van der Waals surface area contributed by atoms with Gasteiger partial charge in [-0.05, 0) is 31.4 Å². The molecule has 0 bridgehead atoms. The second-order valence-electron chi connectivity index (χ2n) is 4.07. The van der Waals surface area contributed by atoms with Crippen LogP contribution in [-0.4, -0.2) is 25.8 Å². The molecule has 1 atom stereocenters. The smallest absolute Gasteiger partial charge is 0.0700 e. The molecule has 0 aliphatic carbocycles. The van der Waals surface area contributed by atoms with Crippen molar-refractivity contribution in [3.05, 3.63) is 35.9 Å². The third kappa shape index (κ3) is 3.65. The third-order valence-corrected chi connectivity index (χ3v) is 2.84. The van der Waals surface area contributed by atoms with Crippen molar-refractivity contribution >= 4 is 0 Å². The lowest BCUT2D eigenvalue weighted by molar-refractivity contribution is 0.0390. The van der Waals surface area contributed by atoms with Gasteiger partial charge in [0.2, 0.25) is 0 Å². The summed E-state index contributed by atoms with van der Waals surface area (Å²) in [6, 6.07) is 10.5. The molecule has 2 heteroatoms. The maximum Gasteiger partial charge on any atom is 0.0700 e. The zero-order chi connectivity index (χ0) is 10.3. The summed E-state index contributed by atoms with van der Waals surface area (Å²) in [6.45, 7) is 3.02. The zero-order valence-electron chi connectivity index (χ0n) is 9.11. The average molecular weight is 205 g/mol. The predicted octanol–water partition coefficient (Wildman–Crippen LogP) is 2.00. The minimum atomic E-state index is 0.433. The van der Waals surface area contributed by atoms with Crippen LogP contribution in [0.3, 0.4) is 0 Å². The number of ether oxygens (including phenoxy) is 1. The van der Waals surface area contributed by atoms with E-state index in [-0.39, 0.29) is 0 Å². The van der Waals surface area contributed by atoms with E-state index in [1.54, 1.807) is 0 Å². The van der Waals surface area contributed by atoms with Crippen molar-refractivity contribution < 1.29 is 4.74 Å². The van der Waals surface area contributed by atoms with Crippen LogP contribution in [0.4, 0.5) is 0 Å². The molecule has 1 aliphatic heterocycles. The van der Waals surface area contributed by atoms with E-state index in [0.29, 0.717) is 6.10 Å². The Labute approximate surface area is 91.6 Å². The summed E-state index contributed by atoms with van der Waals surface area (Å²) < 4.78 is 5.82. The molecule has 2 rings (SSSR count). The monoisotopic (exact) mass is 205 g/mol. The summed E-state index contributed by atoms with van der Waals surface area (Å²) in [6.07, 6.45) is 3.91. The molecular weight excluding hydrogens is 186 g/mol. The van der Waals surface area contributed by atoms with Crippen LogP contribution in [0.1, 0.15) is 18.4 Å². The van der Waals surface area contributed by atoms with Crippen LogP contribution in [0, 0.1) is 0 Å². The second kappa shape index (κ2) is 5.89. The van der Waals surface area contributed by atoms with Crippen LogP contribution in [-0.2, 0) is 11.2 Å². The fourth-order valence-corrected chi connectivity index (χ4v) is 1.95. The van der Waals surface area contributed by atoms with Gasteiger partial charge in [-0.15, -0.1) is 0 Å². The van der Waals surface area contributed by atoms with Crippen molar-refractivity contribution in [2.75, 3.05) is 19.7 Å². The molecule has 1 aliphatic rings. The van der Waals surface area contributed by atoms with E-state index >= 15 is 0 Å². The molecule has 1 fully saturated rings. The van der Waals surface area contributed by atoms with E-state index in [1.807, 2.05) is 0 Å². The van der Waals surface area contributed by atoms with E-state index in [2.05, 4.69) is 35.6 Å². The van der Waals surface area contributed by atoms with Crippen LogP contribution < -0.4 is 5.32 Å². The SMILES string of the molecule is c1ccc(CCO[C@@H]2CCCNC2)cc1. The van der Waals surface area contributed by atoms with Gasteiger partial charge in [0.25, 0.3) is 0 Å². The first-order chi connectivity index (χ1) is 7.45. The average Bonchev–Trinajstić information content (AvgIpc) is 2.32. The number of rotatable bonds is 4. The van der Waals surface area contributed by atoms with Crippen LogP contribution in [0.15, 0.2) is 30.3 Å². The molecule has 1 aromatic rings. The Morgan fingerprint density at radius 2 is 2.13 bits per heavy atom. The minimum Gasteiger partial charge on any atom is -0.377 e. The normalized spacial score (nSPS) is 21.5. The molecule has 0 amide bonds. The van der Waals surface area contributed by atoms with E-state index in [4.69, 9.17) is 4.74 Å². The highest BCUT2D eigenvalue weighted by Crippen LogP contribution is 2.07. The van der Waals surface area contributed by atoms with Crippen molar-refractivity contribution in [3.8, 4) is 0 Å². The molecule has 15 heavy (non-hydrogen) atoms. The Balaban J connectivity index is 1.66. The molecule has 1 saturated heterocycles. The first-order valence-corrected chi connectivity index (χ1v) is 5.81. The Morgan fingerprint density at radius 3 is 2.87 bits per heavy atom. The van der Waals surface area contributed by atoms with Gasteiger partial charge >= 0.3 is 0 Å². The highest BCUT2D eigenvalue weighted by atomic mass is 16.5. The molecule has 2 nitrogen and oxygen atoms in total. The molecule has 0 aromatic heterocycles. The molecule has 0 spiro atoms. The molecule has 82 valence electrons. The standard InChI is InChI=1S/C13H19NO/c1-2-5-12(6-3-1)8-10-15-13-7-4-9-14-11-13/h1-3,5-6,13-14H,4,7-11H2/t13-/m1/s1. The number of hydrogen-bond acceptors (Lipinski definition) is 2. The van der Waals surface area contributed by atoms with Gasteiger partial charge < -0.3 is 10.1 Å². The second-order valence-corrected chi connectivity index (χ2v) is 4.07. The largest absolute Gasteiger partial charge is 0.377 e. The van der Waals surface area contributed by atoms with Crippen LogP contribution in [0.5, 0.6) is 0 Å². The van der Waals surface area contributed by atoms with E-state index in [0.717, 1.165) is 26.1 Å². The van der Waals surface area contributed by atoms with Crippen LogP contribution >= 0.6 is 0 Å². The van der Waals surface area contributed by atoms with Gasteiger partial charge in [-0.1, -0.05) is 30.3 Å².